The van der Waals surface area contributed by atoms with Crippen molar-refractivity contribution in [3.8, 4) is 0 Å². The van der Waals surface area contributed by atoms with Gasteiger partial charge in [-0.3, -0.25) is 4.79 Å². The van der Waals surface area contributed by atoms with Crippen LogP contribution >= 0.6 is 11.6 Å². The van der Waals surface area contributed by atoms with Gasteiger partial charge < -0.3 is 10.1 Å². The highest BCUT2D eigenvalue weighted by Gasteiger charge is 2.22. The first-order valence-electron chi connectivity index (χ1n) is 6.65. The standard InChI is InChI=1S/C16H20ClNO3/c1-11(15(20)21-16(2,3)4)18-14(19)10-9-12-7-5-6-8-13(12)17/h5-11H,1-4H3,(H,18,19)/b10-9+/t11-/m1/s1. The lowest BCUT2D eigenvalue weighted by atomic mass is 10.2. The summed E-state index contributed by atoms with van der Waals surface area (Å²) in [5.74, 6) is -0.852. The molecule has 1 amide bonds. The summed E-state index contributed by atoms with van der Waals surface area (Å²) in [5, 5.41) is 3.11. The van der Waals surface area contributed by atoms with Gasteiger partial charge in [0.05, 0.1) is 0 Å². The van der Waals surface area contributed by atoms with E-state index >= 15 is 0 Å². The van der Waals surface area contributed by atoms with Gasteiger partial charge in [0.2, 0.25) is 5.91 Å². The molecule has 0 fully saturated rings. The Hall–Kier alpha value is -1.81. The van der Waals surface area contributed by atoms with E-state index in [0.29, 0.717) is 5.02 Å². The minimum Gasteiger partial charge on any atom is -0.458 e. The molecule has 21 heavy (non-hydrogen) atoms. The van der Waals surface area contributed by atoms with Gasteiger partial charge >= 0.3 is 5.97 Å². The Morgan fingerprint density at radius 3 is 2.48 bits per heavy atom. The number of rotatable bonds is 4. The zero-order chi connectivity index (χ0) is 16.0. The summed E-state index contributed by atoms with van der Waals surface area (Å²) in [5.41, 5.74) is 0.156. The van der Waals surface area contributed by atoms with Crippen LogP contribution in [0.3, 0.4) is 0 Å². The topological polar surface area (TPSA) is 55.4 Å². The molecule has 1 rings (SSSR count). The van der Waals surface area contributed by atoms with Crippen molar-refractivity contribution < 1.29 is 14.3 Å². The molecule has 1 aromatic carbocycles. The molecule has 0 unspecified atom stereocenters. The average Bonchev–Trinajstić information content (AvgIpc) is 2.35. The Bertz CT molecular complexity index is 547. The predicted octanol–water partition coefficient (Wildman–Crippen LogP) is 3.20. The average molecular weight is 310 g/mol. The highest BCUT2D eigenvalue weighted by molar-refractivity contribution is 6.32. The molecule has 0 radical (unpaired) electrons. The van der Waals surface area contributed by atoms with Crippen molar-refractivity contribution >= 4 is 29.6 Å². The zero-order valence-electron chi connectivity index (χ0n) is 12.6. The Balaban J connectivity index is 2.58. The van der Waals surface area contributed by atoms with Gasteiger partial charge in [0.25, 0.3) is 0 Å². The molecule has 0 aliphatic rings. The van der Waals surface area contributed by atoms with Crippen LogP contribution in [0, 0.1) is 0 Å². The highest BCUT2D eigenvalue weighted by Crippen LogP contribution is 2.16. The fourth-order valence-corrected chi connectivity index (χ4v) is 1.69. The van der Waals surface area contributed by atoms with E-state index < -0.39 is 17.6 Å². The molecule has 114 valence electrons. The van der Waals surface area contributed by atoms with Crippen molar-refractivity contribution in [3.63, 3.8) is 0 Å². The summed E-state index contributed by atoms with van der Waals surface area (Å²) in [4.78, 5) is 23.5. The monoisotopic (exact) mass is 309 g/mol. The molecule has 0 aliphatic carbocycles. The lowest BCUT2D eigenvalue weighted by Gasteiger charge is -2.22. The first-order chi connectivity index (χ1) is 9.69. The number of carbonyl (C=O) groups excluding carboxylic acids is 2. The van der Waals surface area contributed by atoms with Crippen LogP contribution in [-0.4, -0.2) is 23.5 Å². The summed E-state index contributed by atoms with van der Waals surface area (Å²) in [7, 11) is 0. The summed E-state index contributed by atoms with van der Waals surface area (Å²) in [6.07, 6.45) is 2.93. The fourth-order valence-electron chi connectivity index (χ4n) is 1.49. The summed E-state index contributed by atoms with van der Waals surface area (Å²) >= 11 is 5.98. The maximum absolute atomic E-state index is 11.8. The molecular weight excluding hydrogens is 290 g/mol. The SMILES string of the molecule is C[C@@H](NC(=O)/C=C/c1ccccc1Cl)C(=O)OC(C)(C)C. The van der Waals surface area contributed by atoms with Crippen molar-refractivity contribution in [1.82, 2.24) is 5.32 Å². The largest absolute Gasteiger partial charge is 0.458 e. The molecule has 1 N–H and O–H groups in total. The van der Waals surface area contributed by atoms with E-state index in [4.69, 9.17) is 16.3 Å². The number of hydrogen-bond acceptors (Lipinski definition) is 3. The molecule has 0 bridgehead atoms. The molecule has 0 aliphatic heterocycles. The lowest BCUT2D eigenvalue weighted by Crippen LogP contribution is -2.41. The van der Waals surface area contributed by atoms with Gasteiger partial charge in [-0.15, -0.1) is 0 Å². The number of benzene rings is 1. The van der Waals surface area contributed by atoms with Crippen LogP contribution in [0.5, 0.6) is 0 Å². The molecule has 0 spiro atoms. The van der Waals surface area contributed by atoms with Crippen LogP contribution in [0.2, 0.25) is 5.02 Å². The number of carbonyl (C=O) groups is 2. The van der Waals surface area contributed by atoms with E-state index in [1.807, 2.05) is 12.1 Å². The number of nitrogens with one attached hydrogen (secondary N) is 1. The van der Waals surface area contributed by atoms with Crippen molar-refractivity contribution in [2.45, 2.75) is 39.3 Å². The predicted molar refractivity (Wildman–Crippen MR) is 83.9 cm³/mol. The van der Waals surface area contributed by atoms with E-state index in [0.717, 1.165) is 5.56 Å². The Labute approximate surface area is 130 Å². The van der Waals surface area contributed by atoms with E-state index in [1.54, 1.807) is 45.9 Å². The van der Waals surface area contributed by atoms with Gasteiger partial charge in [-0.2, -0.15) is 0 Å². The number of hydrogen-bond donors (Lipinski definition) is 1. The third-order valence-electron chi connectivity index (χ3n) is 2.44. The summed E-state index contributed by atoms with van der Waals surface area (Å²) in [6, 6.07) is 6.45. The molecule has 1 aromatic rings. The number of ether oxygens (including phenoxy) is 1. The van der Waals surface area contributed by atoms with Gasteiger partial charge in [0, 0.05) is 11.1 Å². The lowest BCUT2D eigenvalue weighted by molar-refractivity contribution is -0.157. The van der Waals surface area contributed by atoms with E-state index in [1.165, 1.54) is 6.08 Å². The summed E-state index contributed by atoms with van der Waals surface area (Å²) in [6.45, 7) is 6.90. The second-order valence-electron chi connectivity index (χ2n) is 5.62. The minimum absolute atomic E-state index is 0.381. The summed E-state index contributed by atoms with van der Waals surface area (Å²) < 4.78 is 5.18. The fraction of sp³-hybridized carbons (Fsp3) is 0.375. The molecule has 5 heteroatoms. The molecule has 1 atom stereocenters. The van der Waals surface area contributed by atoms with Gasteiger partial charge in [-0.25, -0.2) is 4.79 Å². The minimum atomic E-state index is -0.715. The second kappa shape index (κ2) is 7.27. The third kappa shape index (κ3) is 6.45. The number of amides is 1. The normalized spacial score (nSPS) is 13.0. The van der Waals surface area contributed by atoms with Crippen molar-refractivity contribution in [1.29, 1.82) is 0 Å². The van der Waals surface area contributed by atoms with Crippen LogP contribution in [0.25, 0.3) is 6.08 Å². The van der Waals surface area contributed by atoms with Crippen molar-refractivity contribution in [3.05, 3.63) is 40.9 Å². The maximum atomic E-state index is 11.8. The van der Waals surface area contributed by atoms with Gasteiger partial charge in [0.15, 0.2) is 0 Å². The highest BCUT2D eigenvalue weighted by atomic mass is 35.5. The second-order valence-corrected chi connectivity index (χ2v) is 6.03. The Kier molecular flexibility index (Phi) is 5.97. The third-order valence-corrected chi connectivity index (χ3v) is 2.78. The van der Waals surface area contributed by atoms with Crippen LogP contribution < -0.4 is 5.32 Å². The van der Waals surface area contributed by atoms with Gasteiger partial charge in [-0.05, 0) is 45.4 Å². The smallest absolute Gasteiger partial charge is 0.328 e. The molecular formula is C16H20ClNO3. The van der Waals surface area contributed by atoms with Crippen molar-refractivity contribution in [2.24, 2.45) is 0 Å². The van der Waals surface area contributed by atoms with Crippen LogP contribution in [-0.2, 0) is 14.3 Å². The quantitative estimate of drug-likeness (QED) is 0.686. The maximum Gasteiger partial charge on any atom is 0.328 e. The van der Waals surface area contributed by atoms with E-state index in [2.05, 4.69) is 5.32 Å². The molecule has 0 heterocycles. The van der Waals surface area contributed by atoms with E-state index in [9.17, 15) is 9.59 Å². The first-order valence-corrected chi connectivity index (χ1v) is 7.03. The first kappa shape index (κ1) is 17.2. The van der Waals surface area contributed by atoms with Crippen LogP contribution in [0.4, 0.5) is 0 Å². The zero-order valence-corrected chi connectivity index (χ0v) is 13.4. The van der Waals surface area contributed by atoms with Gasteiger partial charge in [-0.1, -0.05) is 29.8 Å². The molecule has 0 saturated heterocycles. The number of halogens is 1. The Morgan fingerprint density at radius 1 is 1.29 bits per heavy atom. The molecule has 0 aromatic heterocycles. The molecule has 0 saturated carbocycles. The van der Waals surface area contributed by atoms with Crippen molar-refractivity contribution in [2.75, 3.05) is 0 Å². The van der Waals surface area contributed by atoms with Crippen LogP contribution in [0.15, 0.2) is 30.3 Å². The van der Waals surface area contributed by atoms with Crippen LogP contribution in [0.1, 0.15) is 33.3 Å². The number of esters is 1. The van der Waals surface area contributed by atoms with Gasteiger partial charge in [0.1, 0.15) is 11.6 Å². The van der Waals surface area contributed by atoms with E-state index in [-0.39, 0.29) is 5.91 Å². The Morgan fingerprint density at radius 2 is 1.90 bits per heavy atom. The molecule has 4 nitrogen and oxygen atoms in total.